The standard InChI is InChI=1S/C11H14ClNO2.ClH/c1-9(14)15-7-6-13-8-10-4-2-3-5-11(10)12;/h2-5,13H,6-8H2,1H3;1H. The first-order valence-electron chi connectivity index (χ1n) is 4.88. The summed E-state index contributed by atoms with van der Waals surface area (Å²) in [6, 6.07) is 7.73. The molecule has 0 aliphatic carbocycles. The van der Waals surface area contributed by atoms with Crippen LogP contribution in [0.1, 0.15) is 12.5 Å². The fourth-order valence-electron chi connectivity index (χ4n) is 1.21. The molecule has 90 valence electrons. The highest BCUT2D eigenvalue weighted by molar-refractivity contribution is 6.31. The number of carbonyl (C=O) groups excluding carboxylic acids is 1. The summed E-state index contributed by atoms with van der Waals surface area (Å²) in [4.78, 5) is 10.5. The van der Waals surface area contributed by atoms with Crippen molar-refractivity contribution in [2.24, 2.45) is 0 Å². The third kappa shape index (κ3) is 5.95. The average molecular weight is 264 g/mol. The molecular weight excluding hydrogens is 249 g/mol. The number of nitrogens with two attached hydrogens (primary N) is 1. The van der Waals surface area contributed by atoms with E-state index in [1.807, 2.05) is 24.3 Å². The zero-order chi connectivity index (χ0) is 11.1. The largest absolute Gasteiger partial charge is 1.00 e. The number of hydrogen-bond acceptors (Lipinski definition) is 2. The van der Waals surface area contributed by atoms with Gasteiger partial charge in [-0.3, -0.25) is 4.79 Å². The van der Waals surface area contributed by atoms with Gasteiger partial charge >= 0.3 is 5.97 Å². The molecule has 0 amide bonds. The molecule has 0 aliphatic rings. The summed E-state index contributed by atoms with van der Waals surface area (Å²) in [5.41, 5.74) is 1.10. The molecule has 0 saturated heterocycles. The van der Waals surface area contributed by atoms with Gasteiger partial charge in [0.25, 0.3) is 0 Å². The van der Waals surface area contributed by atoms with Crippen LogP contribution < -0.4 is 17.7 Å². The van der Waals surface area contributed by atoms with Crippen molar-refractivity contribution in [3.63, 3.8) is 0 Å². The fraction of sp³-hybridized carbons (Fsp3) is 0.364. The van der Waals surface area contributed by atoms with Crippen molar-refractivity contribution < 1.29 is 27.3 Å². The lowest BCUT2D eigenvalue weighted by Gasteiger charge is -2.03. The lowest BCUT2D eigenvalue weighted by Crippen LogP contribution is -3.00. The fourth-order valence-corrected chi connectivity index (χ4v) is 1.42. The maximum absolute atomic E-state index is 10.5. The number of esters is 1. The molecule has 0 fully saturated rings. The van der Waals surface area contributed by atoms with Crippen molar-refractivity contribution in [3.05, 3.63) is 34.9 Å². The maximum Gasteiger partial charge on any atom is 0.302 e. The molecule has 0 bridgehead atoms. The van der Waals surface area contributed by atoms with Crippen LogP contribution in [0, 0.1) is 0 Å². The molecule has 0 radical (unpaired) electrons. The second-order valence-corrected chi connectivity index (χ2v) is 3.62. The van der Waals surface area contributed by atoms with E-state index in [2.05, 4.69) is 5.32 Å². The second kappa shape index (κ2) is 8.39. The van der Waals surface area contributed by atoms with Crippen LogP contribution in [0.4, 0.5) is 0 Å². The number of halogens is 2. The highest BCUT2D eigenvalue weighted by atomic mass is 35.5. The molecule has 3 nitrogen and oxygen atoms in total. The molecule has 16 heavy (non-hydrogen) atoms. The molecular formula is C11H15Cl2NO2. The van der Waals surface area contributed by atoms with E-state index in [1.54, 1.807) is 0 Å². The third-order valence-corrected chi connectivity index (χ3v) is 2.32. The quantitative estimate of drug-likeness (QED) is 0.492. The SMILES string of the molecule is CC(=O)OCC[NH2+]Cc1ccccc1Cl.[Cl-]. The van der Waals surface area contributed by atoms with E-state index < -0.39 is 0 Å². The minimum absolute atomic E-state index is 0. The summed E-state index contributed by atoms with van der Waals surface area (Å²) < 4.78 is 4.81. The molecule has 0 unspecified atom stereocenters. The number of ether oxygens (including phenoxy) is 1. The van der Waals surface area contributed by atoms with Gasteiger partial charge in [-0.05, 0) is 6.07 Å². The highest BCUT2D eigenvalue weighted by Gasteiger charge is 2.00. The minimum atomic E-state index is -0.235. The van der Waals surface area contributed by atoms with Crippen molar-refractivity contribution in [2.45, 2.75) is 13.5 Å². The van der Waals surface area contributed by atoms with Gasteiger partial charge in [0.05, 0.1) is 0 Å². The number of rotatable bonds is 5. The molecule has 0 saturated carbocycles. The lowest BCUT2D eigenvalue weighted by atomic mass is 10.2. The highest BCUT2D eigenvalue weighted by Crippen LogP contribution is 2.12. The number of hydrogen-bond donors (Lipinski definition) is 1. The van der Waals surface area contributed by atoms with Crippen LogP contribution in [0.2, 0.25) is 5.02 Å². The number of carbonyl (C=O) groups is 1. The topological polar surface area (TPSA) is 42.9 Å². The van der Waals surface area contributed by atoms with E-state index in [1.165, 1.54) is 6.92 Å². The Morgan fingerprint density at radius 1 is 1.44 bits per heavy atom. The van der Waals surface area contributed by atoms with Crippen molar-refractivity contribution >= 4 is 17.6 Å². The Kier molecular flexibility index (Phi) is 7.99. The van der Waals surface area contributed by atoms with Crippen molar-refractivity contribution in [1.29, 1.82) is 0 Å². The molecule has 1 aromatic rings. The van der Waals surface area contributed by atoms with Gasteiger partial charge in [-0.2, -0.15) is 0 Å². The number of benzene rings is 1. The third-order valence-electron chi connectivity index (χ3n) is 1.95. The first-order chi connectivity index (χ1) is 7.20. The molecule has 2 N–H and O–H groups in total. The van der Waals surface area contributed by atoms with Gasteiger partial charge in [-0.1, -0.05) is 29.8 Å². The predicted octanol–water partition coefficient (Wildman–Crippen LogP) is -2.03. The Balaban J connectivity index is 0.00000225. The van der Waals surface area contributed by atoms with Crippen LogP contribution in [-0.4, -0.2) is 19.1 Å². The van der Waals surface area contributed by atoms with Crippen molar-refractivity contribution in [1.82, 2.24) is 0 Å². The summed E-state index contributed by atoms with van der Waals surface area (Å²) in [6.07, 6.45) is 0. The Hall–Kier alpha value is -0.770. The van der Waals surface area contributed by atoms with Crippen LogP contribution in [0.25, 0.3) is 0 Å². The van der Waals surface area contributed by atoms with Gasteiger partial charge in [0.1, 0.15) is 19.7 Å². The van der Waals surface area contributed by atoms with E-state index in [0.717, 1.165) is 23.7 Å². The summed E-state index contributed by atoms with van der Waals surface area (Å²) in [5, 5.41) is 2.84. The van der Waals surface area contributed by atoms with Crippen molar-refractivity contribution in [3.8, 4) is 0 Å². The summed E-state index contributed by atoms with van der Waals surface area (Å²) in [7, 11) is 0. The Bertz CT molecular complexity index is 332. The van der Waals surface area contributed by atoms with E-state index in [0.29, 0.717) is 6.61 Å². The monoisotopic (exact) mass is 263 g/mol. The van der Waals surface area contributed by atoms with Gasteiger partial charge in [-0.15, -0.1) is 0 Å². The minimum Gasteiger partial charge on any atom is -1.00 e. The van der Waals surface area contributed by atoms with Crippen molar-refractivity contribution in [2.75, 3.05) is 13.2 Å². The average Bonchev–Trinajstić information content (AvgIpc) is 2.20. The second-order valence-electron chi connectivity index (χ2n) is 3.21. The van der Waals surface area contributed by atoms with Gasteiger partial charge < -0.3 is 22.5 Å². The zero-order valence-corrected chi connectivity index (χ0v) is 10.6. The molecule has 0 aromatic heterocycles. The first-order valence-corrected chi connectivity index (χ1v) is 5.26. The molecule has 0 aliphatic heterocycles. The lowest BCUT2D eigenvalue weighted by molar-refractivity contribution is -0.671. The zero-order valence-electron chi connectivity index (χ0n) is 9.08. The number of quaternary nitrogens is 1. The van der Waals surface area contributed by atoms with E-state index in [9.17, 15) is 4.79 Å². The van der Waals surface area contributed by atoms with Gasteiger partial charge in [0.2, 0.25) is 0 Å². The molecule has 5 heteroatoms. The Labute approximate surface area is 107 Å². The Morgan fingerprint density at radius 2 is 2.12 bits per heavy atom. The molecule has 0 atom stereocenters. The van der Waals surface area contributed by atoms with E-state index in [-0.39, 0.29) is 18.4 Å². The molecule has 0 heterocycles. The van der Waals surface area contributed by atoms with E-state index in [4.69, 9.17) is 16.3 Å². The van der Waals surface area contributed by atoms with E-state index >= 15 is 0 Å². The molecule has 1 aromatic carbocycles. The normalized spacial score (nSPS) is 9.38. The van der Waals surface area contributed by atoms with Crippen LogP contribution in [0.3, 0.4) is 0 Å². The van der Waals surface area contributed by atoms with Crippen LogP contribution in [-0.2, 0) is 16.1 Å². The summed E-state index contributed by atoms with van der Waals surface area (Å²) in [6.45, 7) is 3.42. The molecule has 0 spiro atoms. The van der Waals surface area contributed by atoms with Gasteiger partial charge in [0, 0.05) is 17.5 Å². The van der Waals surface area contributed by atoms with Crippen LogP contribution >= 0.6 is 11.6 Å². The van der Waals surface area contributed by atoms with Gasteiger partial charge in [-0.25, -0.2) is 0 Å². The van der Waals surface area contributed by atoms with Gasteiger partial charge in [0.15, 0.2) is 0 Å². The Morgan fingerprint density at radius 3 is 2.75 bits per heavy atom. The summed E-state index contributed by atoms with van der Waals surface area (Å²) >= 11 is 5.98. The smallest absolute Gasteiger partial charge is 0.302 e. The first kappa shape index (κ1) is 15.2. The molecule has 1 rings (SSSR count). The predicted molar refractivity (Wildman–Crippen MR) is 58.6 cm³/mol. The van der Waals surface area contributed by atoms with Crippen LogP contribution in [0.5, 0.6) is 0 Å². The maximum atomic E-state index is 10.5. The summed E-state index contributed by atoms with van der Waals surface area (Å²) in [5.74, 6) is -0.235. The van der Waals surface area contributed by atoms with Crippen LogP contribution in [0.15, 0.2) is 24.3 Å².